The summed E-state index contributed by atoms with van der Waals surface area (Å²) in [7, 11) is -2.00. The van der Waals surface area contributed by atoms with E-state index in [0.29, 0.717) is 49.4 Å². The molecule has 1 aliphatic heterocycles. The maximum atomic E-state index is 13.1. The summed E-state index contributed by atoms with van der Waals surface area (Å²) in [4.78, 5) is 15.7. The number of aryl methyl sites for hydroxylation is 1. The van der Waals surface area contributed by atoms with Crippen LogP contribution >= 0.6 is 22.9 Å². The highest BCUT2D eigenvalue weighted by Crippen LogP contribution is 2.24. The molecule has 1 fully saturated rings. The SMILES string of the molecule is C=CCN(Cc1ccc(Cl)s1)C(=O)c1cc(S(=O)(=O)N2CCOCC2)cn1C. The molecule has 2 aromatic rings. The number of nitrogens with zero attached hydrogens (tertiary/aromatic N) is 3. The zero-order chi connectivity index (χ0) is 20.3. The molecule has 1 amide bonds. The van der Waals surface area contributed by atoms with Gasteiger partial charge in [0, 0.05) is 37.8 Å². The van der Waals surface area contributed by atoms with Crippen molar-refractivity contribution in [3.63, 3.8) is 0 Å². The Morgan fingerprint density at radius 2 is 2.11 bits per heavy atom. The van der Waals surface area contributed by atoms with Crippen LogP contribution in [0.5, 0.6) is 0 Å². The van der Waals surface area contributed by atoms with E-state index in [1.807, 2.05) is 6.07 Å². The van der Waals surface area contributed by atoms with Crippen molar-refractivity contribution in [1.29, 1.82) is 0 Å². The van der Waals surface area contributed by atoms with Crippen LogP contribution in [0.1, 0.15) is 15.4 Å². The van der Waals surface area contributed by atoms with Gasteiger partial charge in [-0.2, -0.15) is 4.31 Å². The normalized spacial score (nSPS) is 15.5. The molecule has 0 unspecified atom stereocenters. The van der Waals surface area contributed by atoms with E-state index in [4.69, 9.17) is 16.3 Å². The van der Waals surface area contributed by atoms with Crippen LogP contribution < -0.4 is 0 Å². The minimum Gasteiger partial charge on any atom is -0.379 e. The molecule has 0 radical (unpaired) electrons. The quantitative estimate of drug-likeness (QED) is 0.616. The topological polar surface area (TPSA) is 71.8 Å². The average molecular weight is 444 g/mol. The van der Waals surface area contributed by atoms with Crippen molar-refractivity contribution in [2.75, 3.05) is 32.8 Å². The van der Waals surface area contributed by atoms with Crippen LogP contribution in [0.3, 0.4) is 0 Å². The van der Waals surface area contributed by atoms with Gasteiger partial charge in [-0.1, -0.05) is 17.7 Å². The first kappa shape index (κ1) is 21.1. The fourth-order valence-electron chi connectivity index (χ4n) is 2.99. The second-order valence-electron chi connectivity index (χ2n) is 6.37. The second kappa shape index (κ2) is 8.79. The Bertz CT molecular complexity index is 961. The Balaban J connectivity index is 1.85. The van der Waals surface area contributed by atoms with Gasteiger partial charge in [0.2, 0.25) is 10.0 Å². The Morgan fingerprint density at radius 1 is 1.39 bits per heavy atom. The number of carbonyl (C=O) groups excluding carboxylic acids is 1. The van der Waals surface area contributed by atoms with E-state index in [2.05, 4.69) is 6.58 Å². The first-order chi connectivity index (χ1) is 13.3. The molecule has 10 heteroatoms. The largest absolute Gasteiger partial charge is 0.379 e. The summed E-state index contributed by atoms with van der Waals surface area (Å²) < 4.78 is 34.5. The Hall–Kier alpha value is -1.65. The fraction of sp³-hybridized carbons (Fsp3) is 0.389. The summed E-state index contributed by atoms with van der Waals surface area (Å²) in [5.74, 6) is -0.268. The fourth-order valence-corrected chi connectivity index (χ4v) is 5.57. The van der Waals surface area contributed by atoms with Crippen LogP contribution in [-0.4, -0.2) is 60.9 Å². The monoisotopic (exact) mass is 443 g/mol. The molecule has 0 N–H and O–H groups in total. The minimum atomic E-state index is -3.66. The number of carbonyl (C=O) groups is 1. The number of aromatic nitrogens is 1. The van der Waals surface area contributed by atoms with Crippen LogP contribution in [0, 0.1) is 0 Å². The van der Waals surface area contributed by atoms with E-state index < -0.39 is 10.0 Å². The highest BCUT2D eigenvalue weighted by atomic mass is 35.5. The summed E-state index contributed by atoms with van der Waals surface area (Å²) in [5.41, 5.74) is 0.302. The molecule has 7 nitrogen and oxygen atoms in total. The molecule has 0 saturated carbocycles. The van der Waals surface area contributed by atoms with Gasteiger partial charge in [-0.3, -0.25) is 4.79 Å². The highest BCUT2D eigenvalue weighted by Gasteiger charge is 2.29. The standard InChI is InChI=1S/C18H22ClN3O4S2/c1-3-6-21(12-14-4-5-17(19)27-14)18(23)16-11-15(13-20(16)2)28(24,25)22-7-9-26-10-8-22/h3-5,11,13H,1,6-10,12H2,2H3. The van der Waals surface area contributed by atoms with E-state index in [1.165, 1.54) is 27.9 Å². The number of sulfonamides is 1. The molecule has 0 spiro atoms. The van der Waals surface area contributed by atoms with Gasteiger partial charge >= 0.3 is 0 Å². The average Bonchev–Trinajstić information content (AvgIpc) is 3.27. The molecule has 0 aromatic carbocycles. The molecular weight excluding hydrogens is 422 g/mol. The Labute approximate surface area is 173 Å². The lowest BCUT2D eigenvalue weighted by Crippen LogP contribution is -2.40. The Kier molecular flexibility index (Phi) is 6.61. The highest BCUT2D eigenvalue weighted by molar-refractivity contribution is 7.89. The van der Waals surface area contributed by atoms with E-state index in [1.54, 1.807) is 28.7 Å². The van der Waals surface area contributed by atoms with E-state index in [0.717, 1.165) is 4.88 Å². The van der Waals surface area contributed by atoms with Crippen LogP contribution in [0.25, 0.3) is 0 Å². The lowest BCUT2D eigenvalue weighted by atomic mass is 10.3. The first-order valence-electron chi connectivity index (χ1n) is 8.71. The maximum absolute atomic E-state index is 13.1. The number of hydrogen-bond acceptors (Lipinski definition) is 5. The summed E-state index contributed by atoms with van der Waals surface area (Å²) in [6.07, 6.45) is 3.12. The Morgan fingerprint density at radius 3 is 2.71 bits per heavy atom. The molecule has 0 bridgehead atoms. The summed E-state index contributed by atoms with van der Waals surface area (Å²) >= 11 is 7.38. The number of ether oxygens (including phenoxy) is 1. The number of rotatable bonds is 7. The molecule has 2 aromatic heterocycles. The number of amides is 1. The maximum Gasteiger partial charge on any atom is 0.271 e. The molecule has 1 saturated heterocycles. The van der Waals surface area contributed by atoms with Gasteiger partial charge in [0.05, 0.1) is 24.1 Å². The van der Waals surface area contributed by atoms with Crippen molar-refractivity contribution >= 4 is 38.9 Å². The molecular formula is C18H22ClN3O4S2. The molecule has 0 aliphatic carbocycles. The van der Waals surface area contributed by atoms with E-state index >= 15 is 0 Å². The molecule has 28 heavy (non-hydrogen) atoms. The molecule has 152 valence electrons. The number of thiophene rings is 1. The molecule has 1 aliphatic rings. The molecule has 3 rings (SSSR count). The van der Waals surface area contributed by atoms with Gasteiger partial charge in [-0.05, 0) is 18.2 Å². The van der Waals surface area contributed by atoms with Crippen molar-refractivity contribution in [2.45, 2.75) is 11.4 Å². The smallest absolute Gasteiger partial charge is 0.271 e. The van der Waals surface area contributed by atoms with Crippen molar-refractivity contribution in [3.8, 4) is 0 Å². The zero-order valence-corrected chi connectivity index (χ0v) is 17.9. The third-order valence-electron chi connectivity index (χ3n) is 4.42. The van der Waals surface area contributed by atoms with Gasteiger partial charge in [-0.25, -0.2) is 8.42 Å². The summed E-state index contributed by atoms with van der Waals surface area (Å²) in [6.45, 7) is 5.78. The summed E-state index contributed by atoms with van der Waals surface area (Å²) in [6, 6.07) is 5.09. The van der Waals surface area contributed by atoms with Crippen molar-refractivity contribution in [2.24, 2.45) is 7.05 Å². The molecule has 3 heterocycles. The zero-order valence-electron chi connectivity index (χ0n) is 15.5. The van der Waals surface area contributed by atoms with Crippen LogP contribution in [0.15, 0.2) is 41.9 Å². The minimum absolute atomic E-state index is 0.109. The lowest BCUT2D eigenvalue weighted by Gasteiger charge is -2.25. The number of hydrogen-bond donors (Lipinski definition) is 0. The van der Waals surface area contributed by atoms with Gasteiger partial charge in [0.25, 0.3) is 5.91 Å². The van der Waals surface area contributed by atoms with Crippen molar-refractivity contribution in [3.05, 3.63) is 52.0 Å². The third kappa shape index (κ3) is 4.49. The van der Waals surface area contributed by atoms with Crippen LogP contribution in [0.4, 0.5) is 0 Å². The molecule has 0 atom stereocenters. The number of halogens is 1. The van der Waals surface area contributed by atoms with Gasteiger partial charge in [0.1, 0.15) is 10.6 Å². The van der Waals surface area contributed by atoms with Crippen molar-refractivity contribution < 1.29 is 17.9 Å². The summed E-state index contributed by atoms with van der Waals surface area (Å²) in [5, 5.41) is 0. The lowest BCUT2D eigenvalue weighted by molar-refractivity contribution is 0.0730. The van der Waals surface area contributed by atoms with Gasteiger partial charge in [0.15, 0.2) is 0 Å². The second-order valence-corrected chi connectivity index (χ2v) is 10.1. The predicted molar refractivity (Wildman–Crippen MR) is 109 cm³/mol. The first-order valence-corrected chi connectivity index (χ1v) is 11.3. The van der Waals surface area contributed by atoms with Gasteiger partial charge in [-0.15, -0.1) is 17.9 Å². The van der Waals surface area contributed by atoms with Crippen LogP contribution in [-0.2, 0) is 28.4 Å². The van der Waals surface area contributed by atoms with Crippen LogP contribution in [0.2, 0.25) is 4.34 Å². The predicted octanol–water partition coefficient (Wildman–Crippen LogP) is 2.59. The van der Waals surface area contributed by atoms with Crippen molar-refractivity contribution in [1.82, 2.24) is 13.8 Å². The van der Waals surface area contributed by atoms with Gasteiger partial charge < -0.3 is 14.2 Å². The number of morpholine rings is 1. The van der Waals surface area contributed by atoms with E-state index in [9.17, 15) is 13.2 Å². The van der Waals surface area contributed by atoms with E-state index in [-0.39, 0.29) is 10.8 Å². The third-order valence-corrected chi connectivity index (χ3v) is 7.50.